The molecule has 6 heteroatoms. The van der Waals surface area contributed by atoms with Gasteiger partial charge in [-0.1, -0.05) is 13.8 Å². The number of nitrogens with zero attached hydrogens (tertiary/aromatic N) is 2. The minimum absolute atomic E-state index is 0. The first kappa shape index (κ1) is 20.9. The summed E-state index contributed by atoms with van der Waals surface area (Å²) in [7, 11) is 0. The summed E-state index contributed by atoms with van der Waals surface area (Å²) in [4.78, 5) is 6.94. The standard InChI is InChI=1S/C15H32N4O.HI/c1-11(2)7-17-14(16)18-10-15(5,6)19-8-12(3)20-13(4)9-19;/h11-13H,7-10H2,1-6H3,(H3,16,17,18);1H. The quantitative estimate of drug-likeness (QED) is 0.412. The lowest BCUT2D eigenvalue weighted by atomic mass is 10.0. The van der Waals surface area contributed by atoms with Crippen LogP contribution in [-0.2, 0) is 4.74 Å². The number of hydrogen-bond acceptors (Lipinski definition) is 3. The van der Waals surface area contributed by atoms with Gasteiger partial charge < -0.3 is 15.8 Å². The zero-order chi connectivity index (χ0) is 15.3. The van der Waals surface area contributed by atoms with Gasteiger partial charge in [-0.15, -0.1) is 24.0 Å². The molecular weight excluding hydrogens is 379 g/mol. The lowest BCUT2D eigenvalue weighted by Crippen LogP contribution is -2.56. The second kappa shape index (κ2) is 9.15. The average molecular weight is 412 g/mol. The highest BCUT2D eigenvalue weighted by Gasteiger charge is 2.32. The van der Waals surface area contributed by atoms with Crippen molar-refractivity contribution in [3.63, 3.8) is 0 Å². The topological polar surface area (TPSA) is 62.9 Å². The molecule has 1 aliphatic rings. The van der Waals surface area contributed by atoms with Gasteiger partial charge in [0.2, 0.25) is 0 Å². The third-order valence-electron chi connectivity index (χ3n) is 3.60. The predicted octanol–water partition coefficient (Wildman–Crippen LogP) is 2.05. The molecule has 0 amide bonds. The smallest absolute Gasteiger partial charge is 0.188 e. The van der Waals surface area contributed by atoms with E-state index < -0.39 is 0 Å². The zero-order valence-corrected chi connectivity index (χ0v) is 16.7. The third-order valence-corrected chi connectivity index (χ3v) is 3.60. The van der Waals surface area contributed by atoms with E-state index in [0.717, 1.165) is 19.6 Å². The molecule has 3 N–H and O–H groups in total. The highest BCUT2D eigenvalue weighted by Crippen LogP contribution is 2.21. The normalized spacial score (nSPS) is 24.8. The van der Waals surface area contributed by atoms with Crippen molar-refractivity contribution in [3.05, 3.63) is 0 Å². The maximum atomic E-state index is 5.91. The molecule has 5 nitrogen and oxygen atoms in total. The van der Waals surface area contributed by atoms with Crippen LogP contribution in [0.2, 0.25) is 0 Å². The summed E-state index contributed by atoms with van der Waals surface area (Å²) in [5, 5.41) is 3.16. The molecule has 1 saturated heterocycles. The molecule has 0 radical (unpaired) electrons. The number of halogens is 1. The van der Waals surface area contributed by atoms with E-state index in [1.54, 1.807) is 0 Å². The zero-order valence-electron chi connectivity index (χ0n) is 14.3. The molecule has 1 aliphatic heterocycles. The van der Waals surface area contributed by atoms with Gasteiger partial charge in [0.05, 0.1) is 18.8 Å². The van der Waals surface area contributed by atoms with Crippen molar-refractivity contribution in [2.75, 3.05) is 26.2 Å². The third kappa shape index (κ3) is 7.65. The first-order chi connectivity index (χ1) is 9.20. The number of ether oxygens (including phenoxy) is 1. The van der Waals surface area contributed by atoms with E-state index in [1.807, 2.05) is 0 Å². The fourth-order valence-electron chi connectivity index (χ4n) is 2.42. The van der Waals surface area contributed by atoms with Gasteiger partial charge in [0.1, 0.15) is 0 Å². The number of morpholine rings is 1. The predicted molar refractivity (Wildman–Crippen MR) is 100 cm³/mol. The van der Waals surface area contributed by atoms with Gasteiger partial charge in [0.15, 0.2) is 5.96 Å². The molecule has 1 heterocycles. The Morgan fingerprint density at radius 2 is 1.86 bits per heavy atom. The Morgan fingerprint density at radius 3 is 2.33 bits per heavy atom. The Hall–Kier alpha value is -0.0800. The molecule has 1 rings (SSSR count). The molecule has 0 aromatic carbocycles. The largest absolute Gasteiger partial charge is 0.373 e. The van der Waals surface area contributed by atoms with Crippen molar-refractivity contribution in [3.8, 4) is 0 Å². The molecule has 0 aromatic heterocycles. The SMILES string of the molecule is CC(C)CNC(N)=NCC(C)(C)N1CC(C)OC(C)C1.I. The molecule has 0 spiro atoms. The number of hydrogen-bond donors (Lipinski definition) is 2. The van der Waals surface area contributed by atoms with Crippen molar-refractivity contribution < 1.29 is 4.74 Å². The van der Waals surface area contributed by atoms with Crippen molar-refractivity contribution in [1.82, 2.24) is 10.2 Å². The van der Waals surface area contributed by atoms with Gasteiger partial charge in [-0.2, -0.15) is 0 Å². The van der Waals surface area contributed by atoms with Crippen LogP contribution in [0.5, 0.6) is 0 Å². The Bertz CT molecular complexity index is 324. The van der Waals surface area contributed by atoms with E-state index in [4.69, 9.17) is 10.5 Å². The maximum Gasteiger partial charge on any atom is 0.188 e. The van der Waals surface area contributed by atoms with Crippen LogP contribution >= 0.6 is 24.0 Å². The number of nitrogens with one attached hydrogen (secondary N) is 1. The fraction of sp³-hybridized carbons (Fsp3) is 0.933. The van der Waals surface area contributed by atoms with Crippen LogP contribution in [0, 0.1) is 5.92 Å². The summed E-state index contributed by atoms with van der Waals surface area (Å²) in [5.41, 5.74) is 5.91. The van der Waals surface area contributed by atoms with E-state index >= 15 is 0 Å². The van der Waals surface area contributed by atoms with E-state index in [-0.39, 0.29) is 41.7 Å². The van der Waals surface area contributed by atoms with E-state index in [9.17, 15) is 0 Å². The summed E-state index contributed by atoms with van der Waals surface area (Å²) in [5.74, 6) is 1.11. The second-order valence-corrected chi connectivity index (χ2v) is 6.95. The first-order valence-corrected chi connectivity index (χ1v) is 7.65. The van der Waals surface area contributed by atoms with Gasteiger partial charge in [-0.25, -0.2) is 0 Å². The maximum absolute atomic E-state index is 5.91. The van der Waals surface area contributed by atoms with Crippen LogP contribution < -0.4 is 11.1 Å². The van der Waals surface area contributed by atoms with E-state index in [1.165, 1.54) is 0 Å². The van der Waals surface area contributed by atoms with Gasteiger partial charge in [0.25, 0.3) is 0 Å². The summed E-state index contributed by atoms with van der Waals surface area (Å²) < 4.78 is 5.79. The monoisotopic (exact) mass is 412 g/mol. The van der Waals surface area contributed by atoms with Crippen LogP contribution in [0.15, 0.2) is 4.99 Å². The number of nitrogens with two attached hydrogens (primary N) is 1. The Labute approximate surface area is 147 Å². The molecule has 0 saturated carbocycles. The van der Waals surface area contributed by atoms with Gasteiger partial charge >= 0.3 is 0 Å². The van der Waals surface area contributed by atoms with E-state index in [0.29, 0.717) is 18.4 Å². The van der Waals surface area contributed by atoms with Crippen LogP contribution in [0.25, 0.3) is 0 Å². The molecule has 21 heavy (non-hydrogen) atoms. The van der Waals surface area contributed by atoms with Crippen molar-refractivity contribution in [2.45, 2.75) is 59.3 Å². The van der Waals surface area contributed by atoms with Gasteiger partial charge in [0, 0.05) is 25.2 Å². The summed E-state index contributed by atoms with van der Waals surface area (Å²) in [6.45, 7) is 16.5. The van der Waals surface area contributed by atoms with Gasteiger partial charge in [-0.05, 0) is 33.6 Å². The second-order valence-electron chi connectivity index (χ2n) is 6.95. The van der Waals surface area contributed by atoms with Crippen molar-refractivity contribution in [2.24, 2.45) is 16.6 Å². The van der Waals surface area contributed by atoms with Crippen LogP contribution in [0.3, 0.4) is 0 Å². The van der Waals surface area contributed by atoms with Crippen molar-refractivity contribution in [1.29, 1.82) is 0 Å². The van der Waals surface area contributed by atoms with Crippen LogP contribution in [0.1, 0.15) is 41.5 Å². The van der Waals surface area contributed by atoms with E-state index in [2.05, 4.69) is 56.8 Å². The Kier molecular flexibility index (Phi) is 9.11. The number of guanidine groups is 1. The van der Waals surface area contributed by atoms with Crippen LogP contribution in [-0.4, -0.2) is 54.8 Å². The van der Waals surface area contributed by atoms with Gasteiger partial charge in [-0.3, -0.25) is 9.89 Å². The average Bonchev–Trinajstić information content (AvgIpc) is 2.32. The molecule has 0 bridgehead atoms. The molecule has 2 unspecified atom stereocenters. The summed E-state index contributed by atoms with van der Waals surface area (Å²) in [6, 6.07) is 0. The summed E-state index contributed by atoms with van der Waals surface area (Å²) in [6.07, 6.45) is 0.553. The Morgan fingerprint density at radius 1 is 1.33 bits per heavy atom. The first-order valence-electron chi connectivity index (χ1n) is 7.65. The van der Waals surface area contributed by atoms with Crippen LogP contribution in [0.4, 0.5) is 0 Å². The number of aliphatic imine (C=N–C) groups is 1. The highest BCUT2D eigenvalue weighted by atomic mass is 127. The Balaban J connectivity index is 0.00000400. The summed E-state index contributed by atoms with van der Waals surface area (Å²) >= 11 is 0. The minimum atomic E-state index is -0.00354. The molecule has 126 valence electrons. The highest BCUT2D eigenvalue weighted by molar-refractivity contribution is 14.0. The fourth-order valence-corrected chi connectivity index (χ4v) is 2.42. The minimum Gasteiger partial charge on any atom is -0.373 e. The lowest BCUT2D eigenvalue weighted by molar-refractivity contribution is -0.0939. The molecule has 1 fully saturated rings. The lowest BCUT2D eigenvalue weighted by Gasteiger charge is -2.44. The number of rotatable bonds is 5. The molecular formula is C15H33IN4O. The molecule has 2 atom stereocenters. The molecule has 0 aliphatic carbocycles. The molecule has 0 aromatic rings. The van der Waals surface area contributed by atoms with Crippen molar-refractivity contribution >= 4 is 29.9 Å².